The summed E-state index contributed by atoms with van der Waals surface area (Å²) in [6, 6.07) is 7.32. The Kier molecular flexibility index (Phi) is 7.98. The van der Waals surface area contributed by atoms with Crippen molar-refractivity contribution in [3.63, 3.8) is 0 Å². The van der Waals surface area contributed by atoms with Crippen molar-refractivity contribution in [3.8, 4) is 22.8 Å². The fraction of sp³-hybridized carbons (Fsp3) is 0.478. The van der Waals surface area contributed by atoms with E-state index in [2.05, 4.69) is 21.4 Å². The lowest BCUT2D eigenvalue weighted by Gasteiger charge is -2.16. The molecule has 0 aliphatic carbocycles. The van der Waals surface area contributed by atoms with E-state index in [0.717, 1.165) is 4.57 Å². The number of ether oxygens (including phenoxy) is 5. The Morgan fingerprint density at radius 2 is 1.86 bits per heavy atom. The van der Waals surface area contributed by atoms with Crippen LogP contribution in [-0.2, 0) is 14.2 Å². The van der Waals surface area contributed by atoms with E-state index in [1.807, 2.05) is 24.3 Å². The van der Waals surface area contributed by atoms with Gasteiger partial charge in [0, 0.05) is 25.8 Å². The van der Waals surface area contributed by atoms with Crippen LogP contribution in [0, 0.1) is 0 Å². The number of rotatable bonds is 11. The number of alkyl halides is 1. The van der Waals surface area contributed by atoms with E-state index in [-0.39, 0.29) is 6.61 Å². The Hall–Kier alpha value is -3.03. The Labute approximate surface area is 201 Å². The Bertz CT molecular complexity index is 1170. The number of methoxy groups -OCH3 is 2. The van der Waals surface area contributed by atoms with Gasteiger partial charge in [0.25, 0.3) is 0 Å². The van der Waals surface area contributed by atoms with Gasteiger partial charge in [-0.15, -0.1) is 0 Å². The summed E-state index contributed by atoms with van der Waals surface area (Å²) in [4.78, 5) is 20.1. The third kappa shape index (κ3) is 5.02. The molecular weight excluding hydrogens is 461 g/mol. The van der Waals surface area contributed by atoms with Crippen LogP contribution in [0.25, 0.3) is 22.3 Å². The summed E-state index contributed by atoms with van der Waals surface area (Å²) >= 11 is 0. The predicted octanol–water partition coefficient (Wildman–Crippen LogP) is -0.470. The molecule has 11 nitrogen and oxygen atoms in total. The number of aromatic amines is 1. The lowest BCUT2D eigenvalue weighted by molar-refractivity contribution is -0.371. The van der Waals surface area contributed by atoms with Gasteiger partial charge in [0.05, 0.1) is 17.9 Å². The van der Waals surface area contributed by atoms with Crippen LogP contribution in [0.2, 0.25) is 0 Å². The number of hydrogen-bond acceptors (Lipinski definition) is 7. The molecule has 1 fully saturated rings. The first kappa shape index (κ1) is 25.1. The molecule has 4 atom stereocenters. The zero-order valence-corrected chi connectivity index (χ0v) is 19.9. The maximum absolute atomic E-state index is 15.2. The minimum Gasteiger partial charge on any atom is -0.487 e. The highest BCUT2D eigenvalue weighted by atomic mass is 19.1. The highest BCUT2D eigenvalue weighted by Gasteiger charge is 2.47. The molecule has 1 aliphatic heterocycles. The number of aromatic nitrogens is 3. The molecule has 2 aromatic heterocycles. The molecule has 4 rings (SSSR count). The van der Waals surface area contributed by atoms with Crippen molar-refractivity contribution in [3.05, 3.63) is 40.9 Å². The Morgan fingerprint density at radius 3 is 2.46 bits per heavy atom. The maximum atomic E-state index is 15.2. The van der Waals surface area contributed by atoms with Gasteiger partial charge in [0.15, 0.2) is 12.4 Å². The summed E-state index contributed by atoms with van der Waals surface area (Å²) < 4.78 is 44.3. The predicted molar refractivity (Wildman–Crippen MR) is 124 cm³/mol. The van der Waals surface area contributed by atoms with Gasteiger partial charge in [0.1, 0.15) is 55.7 Å². The van der Waals surface area contributed by atoms with E-state index in [0.29, 0.717) is 60.1 Å². The van der Waals surface area contributed by atoms with Crippen LogP contribution >= 0.6 is 0 Å². The number of halogens is 1. The molecule has 7 N–H and O–H groups in total. The van der Waals surface area contributed by atoms with Crippen LogP contribution in [0.3, 0.4) is 0 Å². The third-order valence-electron chi connectivity index (χ3n) is 5.74. The van der Waals surface area contributed by atoms with Crippen LogP contribution in [0.15, 0.2) is 35.3 Å². The Balaban J connectivity index is 1.75. The fourth-order valence-electron chi connectivity index (χ4n) is 4.21. The maximum Gasteiger partial charge on any atom is 0.351 e. The summed E-state index contributed by atoms with van der Waals surface area (Å²) in [6.07, 6.45) is -2.76. The van der Waals surface area contributed by atoms with Gasteiger partial charge in [-0.05, 0) is 18.2 Å². The molecule has 1 unspecified atom stereocenters. The number of nitrogens with zero attached hydrogens (tertiary/aromatic N) is 2. The zero-order chi connectivity index (χ0) is 24.9. The number of nitrogens with one attached hydrogen (secondary N) is 1. The second-order valence-corrected chi connectivity index (χ2v) is 8.12. The minimum atomic E-state index is -1.57. The normalized spacial score (nSPS) is 22.1. The molecule has 0 saturated carbocycles. The summed E-state index contributed by atoms with van der Waals surface area (Å²) in [5, 5.41) is 0.592. The van der Waals surface area contributed by atoms with Crippen molar-refractivity contribution in [1.29, 1.82) is 0 Å². The molecule has 0 amide bonds. The zero-order valence-electron chi connectivity index (χ0n) is 19.9. The summed E-state index contributed by atoms with van der Waals surface area (Å²) in [7, 11) is 2.89. The molecule has 0 radical (unpaired) electrons. The van der Waals surface area contributed by atoms with Crippen molar-refractivity contribution in [1.82, 2.24) is 14.5 Å². The highest BCUT2D eigenvalue weighted by molar-refractivity contribution is 5.86. The van der Waals surface area contributed by atoms with Crippen LogP contribution < -0.4 is 26.6 Å². The van der Waals surface area contributed by atoms with E-state index in [1.165, 1.54) is 20.4 Å². The summed E-state index contributed by atoms with van der Waals surface area (Å²) in [5.41, 5.74) is 8.67. The molecule has 1 aliphatic rings. The van der Waals surface area contributed by atoms with Gasteiger partial charge in [-0.3, -0.25) is 4.57 Å². The largest absolute Gasteiger partial charge is 0.487 e. The SMILES string of the molecule is COC[C@H]1O[C@@H](n2cc3cc(-c4c(OCC[NH3+])cccc4OCC[NH3+])[nH]c3nc2=O)[C@@H](F)C1OC. The average Bonchev–Trinajstić information content (AvgIpc) is 3.40. The molecular formula is C23H32FN5O6+2. The molecule has 12 heteroatoms. The average molecular weight is 494 g/mol. The summed E-state index contributed by atoms with van der Waals surface area (Å²) in [5.74, 6) is 1.20. The third-order valence-corrected chi connectivity index (χ3v) is 5.74. The lowest BCUT2D eigenvalue weighted by Crippen LogP contribution is -2.52. The minimum absolute atomic E-state index is 0.133. The van der Waals surface area contributed by atoms with Gasteiger partial charge in [-0.25, -0.2) is 9.18 Å². The first-order chi connectivity index (χ1) is 17.0. The van der Waals surface area contributed by atoms with E-state index < -0.39 is 30.3 Å². The van der Waals surface area contributed by atoms with Crippen molar-refractivity contribution >= 4 is 11.0 Å². The van der Waals surface area contributed by atoms with Crippen LogP contribution in [-0.4, -0.2) is 80.0 Å². The van der Waals surface area contributed by atoms with E-state index in [9.17, 15) is 4.79 Å². The van der Waals surface area contributed by atoms with Crippen molar-refractivity contribution in [2.45, 2.75) is 24.6 Å². The molecule has 190 valence electrons. The van der Waals surface area contributed by atoms with E-state index in [1.54, 1.807) is 0 Å². The number of benzene rings is 1. The van der Waals surface area contributed by atoms with Crippen LogP contribution in [0.5, 0.6) is 11.5 Å². The standard InChI is InChI=1S/C23H30FN5O6/c1-31-12-17-20(32-2)19(24)22(35-17)29-11-13-10-14(27-21(13)28-23(29)30)18-15(33-8-6-25)4-3-5-16(18)34-9-7-26/h3-5,10-11,17,19-20,22H,6-9,12,25-26H2,1-2H3,(H,27,28,30)/p+2/t17-,19+,20?,22-/m1/s1. The van der Waals surface area contributed by atoms with Gasteiger partial charge in [-0.2, -0.15) is 4.98 Å². The number of H-pyrrole nitrogens is 1. The number of fused-ring (bicyclic) bond motifs is 1. The first-order valence-corrected chi connectivity index (χ1v) is 11.4. The lowest BCUT2D eigenvalue weighted by atomic mass is 10.1. The van der Waals surface area contributed by atoms with E-state index >= 15 is 4.39 Å². The van der Waals surface area contributed by atoms with Crippen LogP contribution in [0.4, 0.5) is 4.39 Å². The second-order valence-electron chi connectivity index (χ2n) is 8.12. The van der Waals surface area contributed by atoms with E-state index in [4.69, 9.17) is 23.7 Å². The van der Waals surface area contributed by atoms with Crippen molar-refractivity contribution in [2.24, 2.45) is 0 Å². The van der Waals surface area contributed by atoms with Gasteiger partial charge in [-0.1, -0.05) is 6.07 Å². The smallest absolute Gasteiger partial charge is 0.351 e. The number of quaternary nitrogens is 2. The fourth-order valence-corrected chi connectivity index (χ4v) is 4.21. The van der Waals surface area contributed by atoms with Gasteiger partial charge < -0.3 is 40.1 Å². The van der Waals surface area contributed by atoms with Gasteiger partial charge >= 0.3 is 5.69 Å². The molecule has 1 saturated heterocycles. The monoisotopic (exact) mass is 493 g/mol. The Morgan fingerprint density at radius 1 is 1.17 bits per heavy atom. The molecule has 0 bridgehead atoms. The van der Waals surface area contributed by atoms with Crippen molar-refractivity contribution < 1.29 is 39.5 Å². The summed E-state index contributed by atoms with van der Waals surface area (Å²) in [6.45, 7) is 2.17. The second kappa shape index (κ2) is 11.1. The van der Waals surface area contributed by atoms with Crippen molar-refractivity contribution in [2.75, 3.05) is 47.1 Å². The quantitative estimate of drug-likeness (QED) is 0.327. The topological polar surface area (TPSA) is 152 Å². The molecule has 3 aromatic rings. The first-order valence-electron chi connectivity index (χ1n) is 11.4. The highest BCUT2D eigenvalue weighted by Crippen LogP contribution is 2.39. The molecule has 35 heavy (non-hydrogen) atoms. The molecule has 3 heterocycles. The molecule has 1 aromatic carbocycles. The van der Waals surface area contributed by atoms with Gasteiger partial charge in [0.2, 0.25) is 0 Å². The number of hydrogen-bond donors (Lipinski definition) is 3. The molecule has 0 spiro atoms. The van der Waals surface area contributed by atoms with Crippen LogP contribution in [0.1, 0.15) is 6.23 Å².